The molecule has 0 unspecified atom stereocenters. The molecule has 2 aromatic rings. The molecule has 0 atom stereocenters. The lowest BCUT2D eigenvalue weighted by Gasteiger charge is -2.11. The summed E-state index contributed by atoms with van der Waals surface area (Å²) >= 11 is 0. The number of aromatic nitrogens is 4. The van der Waals surface area contributed by atoms with E-state index in [1.54, 1.807) is 7.11 Å². The van der Waals surface area contributed by atoms with Crippen molar-refractivity contribution in [3.05, 3.63) is 29.6 Å². The third kappa shape index (κ3) is 2.90. The van der Waals surface area contributed by atoms with Gasteiger partial charge in [-0.1, -0.05) is 19.9 Å². The molecule has 0 aliphatic heterocycles. The number of hydrogen-bond donors (Lipinski definition) is 1. The van der Waals surface area contributed by atoms with Gasteiger partial charge in [-0.3, -0.25) is 0 Å². The zero-order valence-electron chi connectivity index (χ0n) is 11.5. The van der Waals surface area contributed by atoms with Gasteiger partial charge in [0.1, 0.15) is 11.4 Å². The third-order valence-corrected chi connectivity index (χ3v) is 2.91. The van der Waals surface area contributed by atoms with Crippen molar-refractivity contribution in [3.8, 4) is 11.4 Å². The van der Waals surface area contributed by atoms with Crippen LogP contribution in [0.4, 0.5) is 0 Å². The normalized spacial score (nSPS) is 11.0. The molecule has 0 saturated heterocycles. The topological polar surface area (TPSA) is 78.8 Å². The van der Waals surface area contributed by atoms with Crippen molar-refractivity contribution >= 4 is 0 Å². The number of benzene rings is 1. The van der Waals surface area contributed by atoms with Crippen LogP contribution in [0, 0.1) is 0 Å². The molecule has 1 aromatic heterocycles. The molecule has 0 amide bonds. The molecular weight excluding hydrogens is 242 g/mol. The van der Waals surface area contributed by atoms with Gasteiger partial charge in [0.2, 0.25) is 0 Å². The summed E-state index contributed by atoms with van der Waals surface area (Å²) in [5.41, 5.74) is 7.48. The van der Waals surface area contributed by atoms with Crippen LogP contribution in [0.15, 0.2) is 18.2 Å². The third-order valence-electron chi connectivity index (χ3n) is 2.91. The van der Waals surface area contributed by atoms with E-state index in [4.69, 9.17) is 10.5 Å². The van der Waals surface area contributed by atoms with Crippen LogP contribution in [0.5, 0.6) is 5.75 Å². The lowest BCUT2D eigenvalue weighted by atomic mass is 10.0. The van der Waals surface area contributed by atoms with E-state index in [9.17, 15) is 0 Å². The summed E-state index contributed by atoms with van der Waals surface area (Å²) in [5.74, 6) is 1.79. The highest BCUT2D eigenvalue weighted by molar-refractivity contribution is 5.48. The van der Waals surface area contributed by atoms with E-state index in [-0.39, 0.29) is 0 Å². The first-order chi connectivity index (χ1) is 9.15. The second-order valence-electron chi connectivity index (χ2n) is 4.62. The van der Waals surface area contributed by atoms with Crippen LogP contribution in [0.3, 0.4) is 0 Å². The first-order valence-corrected chi connectivity index (χ1v) is 6.33. The van der Waals surface area contributed by atoms with E-state index in [0.29, 0.717) is 24.7 Å². The predicted octanol–water partition coefficient (Wildman–Crippen LogP) is 1.30. The molecular formula is C13H19N5O. The number of methoxy groups -OCH3 is 1. The van der Waals surface area contributed by atoms with Crippen LogP contribution in [0.2, 0.25) is 0 Å². The van der Waals surface area contributed by atoms with Gasteiger partial charge in [-0.05, 0) is 35.4 Å². The molecule has 0 aliphatic rings. The first-order valence-electron chi connectivity index (χ1n) is 6.33. The van der Waals surface area contributed by atoms with Crippen molar-refractivity contribution in [2.75, 3.05) is 13.7 Å². The summed E-state index contributed by atoms with van der Waals surface area (Å²) in [7, 11) is 1.63. The van der Waals surface area contributed by atoms with Crippen LogP contribution in [0.25, 0.3) is 5.69 Å². The Morgan fingerprint density at radius 3 is 2.79 bits per heavy atom. The Morgan fingerprint density at radius 2 is 2.16 bits per heavy atom. The van der Waals surface area contributed by atoms with E-state index in [1.165, 1.54) is 10.4 Å². The molecule has 0 bridgehead atoms. The maximum atomic E-state index is 5.49. The average molecular weight is 261 g/mol. The summed E-state index contributed by atoms with van der Waals surface area (Å²) in [6.45, 7) is 4.79. The highest BCUT2D eigenvalue weighted by Crippen LogP contribution is 2.26. The molecule has 1 aromatic carbocycles. The maximum Gasteiger partial charge on any atom is 0.176 e. The molecule has 0 aliphatic carbocycles. The Hall–Kier alpha value is -1.95. The van der Waals surface area contributed by atoms with Gasteiger partial charge in [0.25, 0.3) is 0 Å². The SMILES string of the molecule is COc1ccc(C(C)C)cc1-n1nnc(CCN)n1. The molecule has 2 N–H and O–H groups in total. The van der Waals surface area contributed by atoms with Crippen LogP contribution in [0.1, 0.15) is 31.2 Å². The summed E-state index contributed by atoms with van der Waals surface area (Å²) in [6, 6.07) is 6.00. The molecule has 0 fully saturated rings. The zero-order valence-corrected chi connectivity index (χ0v) is 11.5. The van der Waals surface area contributed by atoms with Crippen molar-refractivity contribution < 1.29 is 4.74 Å². The largest absolute Gasteiger partial charge is 0.494 e. The summed E-state index contributed by atoms with van der Waals surface area (Å²) in [5, 5.41) is 12.3. The van der Waals surface area contributed by atoms with Gasteiger partial charge in [0.05, 0.1) is 7.11 Å². The summed E-state index contributed by atoms with van der Waals surface area (Å²) < 4.78 is 5.35. The van der Waals surface area contributed by atoms with Gasteiger partial charge in [-0.15, -0.1) is 15.0 Å². The average Bonchev–Trinajstić information content (AvgIpc) is 2.87. The molecule has 2 rings (SSSR count). The second kappa shape index (κ2) is 5.79. The Balaban J connectivity index is 2.42. The summed E-state index contributed by atoms with van der Waals surface area (Å²) in [4.78, 5) is 1.50. The molecule has 1 heterocycles. The molecule has 0 radical (unpaired) electrons. The fourth-order valence-electron chi connectivity index (χ4n) is 1.80. The van der Waals surface area contributed by atoms with Crippen molar-refractivity contribution in [2.24, 2.45) is 5.73 Å². The highest BCUT2D eigenvalue weighted by Gasteiger charge is 2.12. The van der Waals surface area contributed by atoms with E-state index in [0.717, 1.165) is 11.4 Å². The maximum absolute atomic E-state index is 5.49. The van der Waals surface area contributed by atoms with Crippen LogP contribution < -0.4 is 10.5 Å². The molecule has 6 nitrogen and oxygen atoms in total. The smallest absolute Gasteiger partial charge is 0.176 e. The standard InChI is InChI=1S/C13H19N5O/c1-9(2)10-4-5-12(19-3)11(8-10)18-16-13(6-7-14)15-17-18/h4-5,8-9H,6-7,14H2,1-3H3. The monoisotopic (exact) mass is 261 g/mol. The molecule has 6 heteroatoms. The van der Waals surface area contributed by atoms with Crippen LogP contribution >= 0.6 is 0 Å². The van der Waals surface area contributed by atoms with Crippen molar-refractivity contribution in [2.45, 2.75) is 26.2 Å². The minimum absolute atomic E-state index is 0.427. The number of nitrogens with two attached hydrogens (primary N) is 1. The van der Waals surface area contributed by atoms with E-state index in [2.05, 4.69) is 29.3 Å². The molecule has 0 saturated carbocycles. The fraction of sp³-hybridized carbons (Fsp3) is 0.462. The van der Waals surface area contributed by atoms with Crippen molar-refractivity contribution in [3.63, 3.8) is 0 Å². The Morgan fingerprint density at radius 1 is 1.37 bits per heavy atom. The molecule has 0 spiro atoms. The van der Waals surface area contributed by atoms with Gasteiger partial charge >= 0.3 is 0 Å². The van der Waals surface area contributed by atoms with Gasteiger partial charge < -0.3 is 10.5 Å². The zero-order chi connectivity index (χ0) is 13.8. The van der Waals surface area contributed by atoms with Crippen LogP contribution in [-0.4, -0.2) is 33.9 Å². The fourth-order valence-corrected chi connectivity index (χ4v) is 1.80. The molecule has 19 heavy (non-hydrogen) atoms. The number of hydrogen-bond acceptors (Lipinski definition) is 5. The van der Waals surface area contributed by atoms with Crippen molar-refractivity contribution in [1.82, 2.24) is 20.2 Å². The Bertz CT molecular complexity index is 550. The predicted molar refractivity (Wildman–Crippen MR) is 72.6 cm³/mol. The van der Waals surface area contributed by atoms with Gasteiger partial charge in [-0.25, -0.2) is 0 Å². The van der Waals surface area contributed by atoms with Gasteiger partial charge in [0.15, 0.2) is 5.82 Å². The van der Waals surface area contributed by atoms with E-state index >= 15 is 0 Å². The van der Waals surface area contributed by atoms with Crippen LogP contribution in [-0.2, 0) is 6.42 Å². The first kappa shape index (κ1) is 13.5. The highest BCUT2D eigenvalue weighted by atomic mass is 16.5. The number of ether oxygens (including phenoxy) is 1. The van der Waals surface area contributed by atoms with Crippen molar-refractivity contribution in [1.29, 1.82) is 0 Å². The summed E-state index contributed by atoms with van der Waals surface area (Å²) in [6.07, 6.45) is 0.617. The van der Waals surface area contributed by atoms with Gasteiger partial charge in [-0.2, -0.15) is 0 Å². The van der Waals surface area contributed by atoms with E-state index < -0.39 is 0 Å². The van der Waals surface area contributed by atoms with Gasteiger partial charge in [0, 0.05) is 6.42 Å². The number of rotatable bonds is 5. The lowest BCUT2D eigenvalue weighted by Crippen LogP contribution is -2.06. The van der Waals surface area contributed by atoms with E-state index in [1.807, 2.05) is 18.2 Å². The lowest BCUT2D eigenvalue weighted by molar-refractivity contribution is 0.409. The minimum Gasteiger partial charge on any atom is -0.494 e. The second-order valence-corrected chi connectivity index (χ2v) is 4.62. The molecule has 102 valence electrons. The quantitative estimate of drug-likeness (QED) is 0.877. The minimum atomic E-state index is 0.427. The Kier molecular flexibility index (Phi) is 4.11. The number of tetrazole rings is 1. The number of nitrogens with zero attached hydrogens (tertiary/aromatic N) is 4. The Labute approximate surface area is 112 Å².